The molecule has 1 aromatic heterocycles. The Balaban J connectivity index is 2.00. The molecule has 8 heteroatoms. The summed E-state index contributed by atoms with van der Waals surface area (Å²) in [6.45, 7) is 6.34. The summed E-state index contributed by atoms with van der Waals surface area (Å²) in [5.41, 5.74) is 1.91. The molecule has 2 rings (SSSR count). The Bertz CT molecular complexity index is 619. The smallest absolute Gasteiger partial charge is 0.475 e. The summed E-state index contributed by atoms with van der Waals surface area (Å²) >= 11 is 1.17. The van der Waals surface area contributed by atoms with Gasteiger partial charge in [-0.2, -0.15) is 4.37 Å². The lowest BCUT2D eigenvalue weighted by Gasteiger charge is -2.40. The highest BCUT2D eigenvalue weighted by atomic mass is 32.1. The van der Waals surface area contributed by atoms with Gasteiger partial charge in [0.25, 0.3) is 5.88 Å². The van der Waals surface area contributed by atoms with Gasteiger partial charge in [0.05, 0.1) is 39.0 Å². The largest absolute Gasteiger partial charge is 0.512 e. The van der Waals surface area contributed by atoms with E-state index in [-0.39, 0.29) is 6.23 Å². The van der Waals surface area contributed by atoms with Crippen molar-refractivity contribution in [2.24, 2.45) is 0 Å². The van der Waals surface area contributed by atoms with E-state index in [4.69, 9.17) is 9.47 Å². The van der Waals surface area contributed by atoms with Crippen molar-refractivity contribution in [2.75, 3.05) is 33.9 Å². The predicted octanol–water partition coefficient (Wildman–Crippen LogP) is 3.86. The van der Waals surface area contributed by atoms with Gasteiger partial charge in [-0.3, -0.25) is 4.48 Å². The Morgan fingerprint density at radius 3 is 2.88 bits per heavy atom. The summed E-state index contributed by atoms with van der Waals surface area (Å²) in [6.07, 6.45) is 6.74. The van der Waals surface area contributed by atoms with Crippen LogP contribution in [0.3, 0.4) is 0 Å². The minimum atomic E-state index is -0.653. The van der Waals surface area contributed by atoms with Crippen LogP contribution < -0.4 is 4.74 Å². The molecule has 26 heavy (non-hydrogen) atoms. The topological polar surface area (TPSA) is 70.5 Å². The second-order valence-electron chi connectivity index (χ2n) is 6.88. The van der Waals surface area contributed by atoms with E-state index in [9.17, 15) is 4.79 Å². The number of nitrogens with zero attached hydrogens (tertiary/aromatic N) is 3. The maximum atomic E-state index is 11.5. The zero-order chi connectivity index (χ0) is 19.0. The number of unbranched alkanes of at least 4 members (excludes halogenated alkanes) is 3. The lowest BCUT2D eigenvalue weighted by molar-refractivity contribution is -0.944. The fraction of sp³-hybridized carbons (Fsp3) is 0.722. The number of hydrogen-bond donors (Lipinski definition) is 0. The van der Waals surface area contributed by atoms with E-state index >= 15 is 0 Å². The maximum absolute atomic E-state index is 11.5. The van der Waals surface area contributed by atoms with Gasteiger partial charge < -0.3 is 14.2 Å². The predicted molar refractivity (Wildman–Crippen MR) is 101 cm³/mol. The Labute approximate surface area is 159 Å². The monoisotopic (exact) mass is 384 g/mol. The molecule has 146 valence electrons. The molecule has 0 radical (unpaired) electrons. The Morgan fingerprint density at radius 2 is 2.15 bits per heavy atom. The van der Waals surface area contributed by atoms with Crippen LogP contribution in [-0.2, 0) is 9.47 Å². The Morgan fingerprint density at radius 1 is 1.35 bits per heavy atom. The van der Waals surface area contributed by atoms with E-state index in [0.29, 0.717) is 23.5 Å². The standard InChI is InChI=1S/C18H30N3O4S/c1-5-6-7-8-12-24-17-16(19-26-20-17)15-10-9-11-21(3,13-15)14(2)25-18(22)23-4/h10,14H,5-9,11-13H2,1-4H3/q+1/t14-,21?/m0/s1. The number of likely N-dealkylation sites (N-methyl/N-ethyl adjacent to an activating group) is 1. The van der Waals surface area contributed by atoms with Gasteiger partial charge in [0.15, 0.2) is 0 Å². The van der Waals surface area contributed by atoms with Gasteiger partial charge >= 0.3 is 6.16 Å². The van der Waals surface area contributed by atoms with E-state index in [2.05, 4.69) is 33.5 Å². The van der Waals surface area contributed by atoms with Crippen molar-refractivity contribution >= 4 is 23.5 Å². The lowest BCUT2D eigenvalue weighted by Crippen LogP contribution is -2.55. The molecular formula is C18H30N3O4S+. The second-order valence-corrected chi connectivity index (χ2v) is 7.41. The molecule has 7 nitrogen and oxygen atoms in total. The number of quaternary nitrogens is 1. The number of rotatable bonds is 9. The highest BCUT2D eigenvalue weighted by Gasteiger charge is 2.36. The molecule has 2 atom stereocenters. The van der Waals surface area contributed by atoms with Gasteiger partial charge in [0, 0.05) is 18.9 Å². The van der Waals surface area contributed by atoms with Crippen molar-refractivity contribution in [3.63, 3.8) is 0 Å². The molecule has 1 unspecified atom stereocenters. The highest BCUT2D eigenvalue weighted by molar-refractivity contribution is 6.99. The van der Waals surface area contributed by atoms with Crippen LogP contribution in [-0.4, -0.2) is 59.5 Å². The molecule has 0 aliphatic carbocycles. The molecule has 0 N–H and O–H groups in total. The number of methoxy groups -OCH3 is 1. The van der Waals surface area contributed by atoms with Gasteiger partial charge in [-0.05, 0) is 6.42 Å². The number of carbonyl (C=O) groups is 1. The van der Waals surface area contributed by atoms with Crippen molar-refractivity contribution in [3.8, 4) is 5.88 Å². The van der Waals surface area contributed by atoms with Gasteiger partial charge in [-0.25, -0.2) is 4.79 Å². The maximum Gasteiger partial charge on any atom is 0.512 e. The molecule has 0 saturated heterocycles. The molecule has 0 spiro atoms. The minimum absolute atomic E-state index is 0.309. The molecule has 0 bridgehead atoms. The number of ether oxygens (including phenoxy) is 3. The van der Waals surface area contributed by atoms with Crippen molar-refractivity contribution in [3.05, 3.63) is 11.8 Å². The molecule has 2 heterocycles. The van der Waals surface area contributed by atoms with Crippen LogP contribution in [0.2, 0.25) is 0 Å². The average molecular weight is 385 g/mol. The number of aromatic nitrogens is 2. The van der Waals surface area contributed by atoms with Crippen molar-refractivity contribution in [1.29, 1.82) is 0 Å². The zero-order valence-corrected chi connectivity index (χ0v) is 17.0. The third-order valence-electron chi connectivity index (χ3n) is 4.87. The number of hydrogen-bond acceptors (Lipinski definition) is 7. The summed E-state index contributed by atoms with van der Waals surface area (Å²) in [5, 5.41) is 0. The first kappa shape index (κ1) is 20.6. The van der Waals surface area contributed by atoms with Gasteiger partial charge in [-0.15, -0.1) is 4.37 Å². The average Bonchev–Trinajstić information content (AvgIpc) is 3.10. The molecular weight excluding hydrogens is 354 g/mol. The van der Waals surface area contributed by atoms with Crippen LogP contribution in [0, 0.1) is 0 Å². The third kappa shape index (κ3) is 5.41. The highest BCUT2D eigenvalue weighted by Crippen LogP contribution is 2.31. The van der Waals surface area contributed by atoms with Crippen LogP contribution in [0.1, 0.15) is 51.6 Å². The van der Waals surface area contributed by atoms with Crippen LogP contribution in [0.25, 0.3) is 5.57 Å². The van der Waals surface area contributed by atoms with Gasteiger partial charge in [-0.1, -0.05) is 32.3 Å². The van der Waals surface area contributed by atoms with E-state index < -0.39 is 6.16 Å². The zero-order valence-electron chi connectivity index (χ0n) is 16.2. The Hall–Kier alpha value is -1.67. The van der Waals surface area contributed by atoms with E-state index in [1.165, 1.54) is 38.1 Å². The summed E-state index contributed by atoms with van der Waals surface area (Å²) in [6, 6.07) is 0. The summed E-state index contributed by atoms with van der Waals surface area (Å²) in [5.74, 6) is 0.618. The van der Waals surface area contributed by atoms with E-state index in [1.807, 2.05) is 6.92 Å². The van der Waals surface area contributed by atoms with Gasteiger partial charge in [0.2, 0.25) is 6.23 Å². The first-order valence-electron chi connectivity index (χ1n) is 9.23. The van der Waals surface area contributed by atoms with Crippen LogP contribution in [0.15, 0.2) is 6.08 Å². The molecule has 0 aromatic carbocycles. The quantitative estimate of drug-likeness (QED) is 0.366. The second kappa shape index (κ2) is 9.87. The molecule has 1 aromatic rings. The third-order valence-corrected chi connectivity index (χ3v) is 5.38. The van der Waals surface area contributed by atoms with Crippen LogP contribution >= 0.6 is 11.7 Å². The summed E-state index contributed by atoms with van der Waals surface area (Å²) in [4.78, 5) is 11.5. The normalized spacial score (nSPS) is 21.0. The van der Waals surface area contributed by atoms with Crippen LogP contribution in [0.4, 0.5) is 4.79 Å². The van der Waals surface area contributed by atoms with E-state index in [0.717, 1.165) is 30.7 Å². The lowest BCUT2D eigenvalue weighted by atomic mass is 10.0. The SMILES string of the molecule is CCCCCCOc1nsnc1C1=CCC[N+](C)([C@H](C)OC(=O)OC)C1. The first-order valence-corrected chi connectivity index (χ1v) is 9.96. The van der Waals surface area contributed by atoms with Crippen molar-refractivity contribution in [1.82, 2.24) is 8.75 Å². The van der Waals surface area contributed by atoms with Crippen molar-refractivity contribution in [2.45, 2.75) is 52.2 Å². The van der Waals surface area contributed by atoms with Crippen LogP contribution in [0.5, 0.6) is 5.88 Å². The number of carbonyl (C=O) groups excluding carboxylic acids is 1. The fourth-order valence-corrected chi connectivity index (χ4v) is 3.56. The summed E-state index contributed by atoms with van der Waals surface area (Å²) in [7, 11) is 3.40. The molecule has 0 fully saturated rings. The van der Waals surface area contributed by atoms with Crippen molar-refractivity contribution < 1.29 is 23.5 Å². The molecule has 0 amide bonds. The molecule has 1 aliphatic rings. The fourth-order valence-electron chi connectivity index (χ4n) is 3.03. The molecule has 1 aliphatic heterocycles. The Kier molecular flexibility index (Phi) is 7.84. The minimum Gasteiger partial charge on any atom is -0.475 e. The first-order chi connectivity index (χ1) is 12.5. The molecule has 0 saturated carbocycles. The van der Waals surface area contributed by atoms with Gasteiger partial charge in [0.1, 0.15) is 12.2 Å². The summed E-state index contributed by atoms with van der Waals surface area (Å²) < 4.78 is 25.2. The van der Waals surface area contributed by atoms with E-state index in [1.54, 1.807) is 0 Å².